The van der Waals surface area contributed by atoms with Gasteiger partial charge in [-0.25, -0.2) is 15.0 Å². The van der Waals surface area contributed by atoms with Crippen molar-refractivity contribution in [2.75, 3.05) is 18.4 Å². The highest BCUT2D eigenvalue weighted by Crippen LogP contribution is 2.31. The minimum Gasteiger partial charge on any atom is -0.369 e. The lowest BCUT2D eigenvalue weighted by Crippen LogP contribution is -2.22. The van der Waals surface area contributed by atoms with E-state index in [1.165, 1.54) is 15.8 Å². The lowest BCUT2D eigenvalue weighted by Gasteiger charge is -2.08. The summed E-state index contributed by atoms with van der Waals surface area (Å²) in [6.07, 6.45) is 0. The van der Waals surface area contributed by atoms with Gasteiger partial charge in [0, 0.05) is 41.0 Å². The molecule has 27 heavy (non-hydrogen) atoms. The quantitative estimate of drug-likeness (QED) is 0.489. The summed E-state index contributed by atoms with van der Waals surface area (Å²) in [6, 6.07) is 12.3. The van der Waals surface area contributed by atoms with Crippen LogP contribution in [0.25, 0.3) is 21.1 Å². The second kappa shape index (κ2) is 7.58. The normalized spacial score (nSPS) is 11.4. The van der Waals surface area contributed by atoms with E-state index in [0.29, 0.717) is 0 Å². The van der Waals surface area contributed by atoms with Crippen LogP contribution in [0.2, 0.25) is 0 Å². The molecule has 0 fully saturated rings. The first-order valence-corrected chi connectivity index (χ1v) is 9.97. The molecule has 4 aromatic rings. The van der Waals surface area contributed by atoms with Gasteiger partial charge in [-0.2, -0.15) is 0 Å². The molecule has 0 unspecified atom stereocenters. The number of pyridine rings is 1. The molecule has 0 amide bonds. The number of nitrogens with one attached hydrogen (secondary N) is 2. The number of hydrogen-bond donors (Lipinski definition) is 2. The third-order valence-corrected chi connectivity index (χ3v) is 5.86. The second-order valence-corrected chi connectivity index (χ2v) is 7.76. The zero-order chi connectivity index (χ0) is 18.8. The molecule has 0 spiro atoms. The maximum atomic E-state index is 4.64. The zero-order valence-corrected chi connectivity index (χ0v) is 16.7. The highest BCUT2D eigenvalue weighted by molar-refractivity contribution is 7.18. The molecular weight excluding hydrogens is 354 g/mol. The van der Waals surface area contributed by atoms with Gasteiger partial charge in [-0.3, -0.25) is 0 Å². The van der Waals surface area contributed by atoms with Crippen LogP contribution in [0.5, 0.6) is 0 Å². The molecule has 0 aliphatic carbocycles. The molecule has 0 atom stereocenters. The topological polar surface area (TPSA) is 62.7 Å². The summed E-state index contributed by atoms with van der Waals surface area (Å²) in [7, 11) is 0. The predicted molar refractivity (Wildman–Crippen MR) is 114 cm³/mol. The monoisotopic (exact) mass is 377 g/mol. The molecule has 0 radical (unpaired) electrons. The zero-order valence-electron chi connectivity index (χ0n) is 15.8. The number of thiophene rings is 1. The third kappa shape index (κ3) is 3.77. The Morgan fingerprint density at radius 2 is 1.78 bits per heavy atom. The Labute approximate surface area is 162 Å². The number of benzene rings is 1. The first-order valence-electron chi connectivity index (χ1n) is 9.15. The molecule has 3 heterocycles. The molecule has 138 valence electrons. The van der Waals surface area contributed by atoms with Crippen molar-refractivity contribution in [2.45, 2.75) is 27.3 Å². The van der Waals surface area contributed by atoms with E-state index in [9.17, 15) is 0 Å². The summed E-state index contributed by atoms with van der Waals surface area (Å²) in [5.74, 6) is 1.75. The van der Waals surface area contributed by atoms with E-state index < -0.39 is 0 Å². The smallest absolute Gasteiger partial charge is 0.127 e. The first-order chi connectivity index (χ1) is 13.1. The average Bonchev–Trinajstić information content (AvgIpc) is 2.97. The summed E-state index contributed by atoms with van der Waals surface area (Å²) < 4.78 is 0. The van der Waals surface area contributed by atoms with Crippen molar-refractivity contribution in [2.24, 2.45) is 0 Å². The average molecular weight is 378 g/mol. The molecule has 4 rings (SSSR count). The van der Waals surface area contributed by atoms with Gasteiger partial charge in [0.25, 0.3) is 0 Å². The van der Waals surface area contributed by atoms with Gasteiger partial charge in [0.1, 0.15) is 16.5 Å². The highest BCUT2D eigenvalue weighted by atomic mass is 32.1. The third-order valence-electron chi connectivity index (χ3n) is 4.67. The number of nitrogens with zero attached hydrogens (tertiary/aromatic N) is 3. The Hall–Kier alpha value is -2.57. The maximum Gasteiger partial charge on any atom is 0.127 e. The molecular formula is C21H23N5S. The molecule has 0 aliphatic rings. The second-order valence-electron chi connectivity index (χ2n) is 6.68. The lowest BCUT2D eigenvalue weighted by molar-refractivity contribution is 0.711. The summed E-state index contributed by atoms with van der Waals surface area (Å²) in [5, 5.41) is 9.28. The Balaban J connectivity index is 1.34. The summed E-state index contributed by atoms with van der Waals surface area (Å²) >= 11 is 1.76. The van der Waals surface area contributed by atoms with Crippen molar-refractivity contribution >= 4 is 38.3 Å². The summed E-state index contributed by atoms with van der Waals surface area (Å²) in [6.45, 7) is 8.72. The summed E-state index contributed by atoms with van der Waals surface area (Å²) in [5.41, 5.74) is 3.38. The van der Waals surface area contributed by atoms with E-state index in [4.69, 9.17) is 0 Å². The van der Waals surface area contributed by atoms with Crippen LogP contribution in [-0.2, 0) is 6.54 Å². The number of para-hydroxylation sites is 1. The number of aromatic nitrogens is 3. The van der Waals surface area contributed by atoms with E-state index >= 15 is 0 Å². The van der Waals surface area contributed by atoms with Gasteiger partial charge >= 0.3 is 0 Å². The fourth-order valence-corrected chi connectivity index (χ4v) is 4.58. The Morgan fingerprint density at radius 3 is 2.67 bits per heavy atom. The van der Waals surface area contributed by atoms with E-state index in [1.807, 2.05) is 31.2 Å². The highest BCUT2D eigenvalue weighted by Gasteiger charge is 2.12. The van der Waals surface area contributed by atoms with Gasteiger partial charge in [0.2, 0.25) is 0 Å². The van der Waals surface area contributed by atoms with Gasteiger partial charge in [0.05, 0.1) is 5.52 Å². The number of aryl methyl sites for hydroxylation is 3. The number of rotatable bonds is 6. The van der Waals surface area contributed by atoms with Crippen LogP contribution < -0.4 is 10.6 Å². The van der Waals surface area contributed by atoms with E-state index in [0.717, 1.165) is 52.7 Å². The Bertz CT molecular complexity index is 1100. The maximum absolute atomic E-state index is 4.64. The van der Waals surface area contributed by atoms with E-state index in [-0.39, 0.29) is 0 Å². The Morgan fingerprint density at radius 1 is 0.926 bits per heavy atom. The van der Waals surface area contributed by atoms with Gasteiger partial charge in [0.15, 0.2) is 0 Å². The van der Waals surface area contributed by atoms with Crippen molar-refractivity contribution < 1.29 is 0 Å². The van der Waals surface area contributed by atoms with Gasteiger partial charge in [-0.1, -0.05) is 18.2 Å². The molecule has 6 heteroatoms. The van der Waals surface area contributed by atoms with Crippen molar-refractivity contribution in [3.05, 3.63) is 58.4 Å². The van der Waals surface area contributed by atoms with E-state index in [2.05, 4.69) is 51.6 Å². The van der Waals surface area contributed by atoms with Crippen molar-refractivity contribution in [1.82, 2.24) is 20.3 Å². The molecule has 0 saturated heterocycles. The van der Waals surface area contributed by atoms with Crippen molar-refractivity contribution in [3.63, 3.8) is 0 Å². The van der Waals surface area contributed by atoms with Crippen LogP contribution in [0.1, 0.15) is 22.0 Å². The van der Waals surface area contributed by atoms with Gasteiger partial charge in [-0.05, 0) is 44.5 Å². The summed E-state index contributed by atoms with van der Waals surface area (Å²) in [4.78, 5) is 16.1. The van der Waals surface area contributed by atoms with Crippen LogP contribution in [0.15, 0.2) is 36.4 Å². The van der Waals surface area contributed by atoms with Crippen molar-refractivity contribution in [3.8, 4) is 0 Å². The molecule has 0 aliphatic heterocycles. The van der Waals surface area contributed by atoms with Crippen LogP contribution in [0.4, 0.5) is 5.82 Å². The fraction of sp³-hybridized carbons (Fsp3) is 0.286. The number of hydrogen-bond acceptors (Lipinski definition) is 6. The molecule has 0 saturated carbocycles. The molecule has 3 aromatic heterocycles. The number of anilines is 1. The Kier molecular flexibility index (Phi) is 5.01. The number of fused-ring (bicyclic) bond motifs is 2. The van der Waals surface area contributed by atoms with Crippen LogP contribution in [-0.4, -0.2) is 28.0 Å². The molecule has 5 nitrogen and oxygen atoms in total. The standard InChI is InChI=1S/C21H23N5S/c1-13-18(27-21-20(13)14(2)24-15(3)25-21)12-22-10-11-23-19-9-8-16-6-4-5-7-17(16)26-19/h4-9,22H,10-12H2,1-3H3,(H,23,26). The van der Waals surface area contributed by atoms with E-state index in [1.54, 1.807) is 11.3 Å². The largest absolute Gasteiger partial charge is 0.369 e. The SMILES string of the molecule is Cc1nc(C)c2c(C)c(CNCCNc3ccc4ccccc4n3)sc2n1. The fourth-order valence-electron chi connectivity index (χ4n) is 3.33. The predicted octanol–water partition coefficient (Wildman–Crippen LogP) is 4.37. The van der Waals surface area contributed by atoms with Crippen LogP contribution in [0.3, 0.4) is 0 Å². The minimum absolute atomic E-state index is 0.827. The first kappa shape index (κ1) is 17.8. The molecule has 2 N–H and O–H groups in total. The minimum atomic E-state index is 0.827. The van der Waals surface area contributed by atoms with Gasteiger partial charge in [-0.15, -0.1) is 11.3 Å². The van der Waals surface area contributed by atoms with Crippen LogP contribution in [0, 0.1) is 20.8 Å². The lowest BCUT2D eigenvalue weighted by atomic mass is 10.1. The molecule has 1 aromatic carbocycles. The molecule has 0 bridgehead atoms. The van der Waals surface area contributed by atoms with Crippen LogP contribution >= 0.6 is 11.3 Å². The van der Waals surface area contributed by atoms with Gasteiger partial charge < -0.3 is 10.6 Å². The van der Waals surface area contributed by atoms with Crippen molar-refractivity contribution in [1.29, 1.82) is 0 Å².